The highest BCUT2D eigenvalue weighted by molar-refractivity contribution is 5.94. The maximum absolute atomic E-state index is 12.8. The summed E-state index contributed by atoms with van der Waals surface area (Å²) in [7, 11) is 1.96. The van der Waals surface area contributed by atoms with E-state index in [9.17, 15) is 9.59 Å². The van der Waals surface area contributed by atoms with Crippen molar-refractivity contribution < 1.29 is 9.59 Å². The molecule has 3 rings (SSSR count). The summed E-state index contributed by atoms with van der Waals surface area (Å²) in [5, 5.41) is 3.20. The molecule has 2 unspecified atom stereocenters. The molecule has 2 aliphatic rings. The van der Waals surface area contributed by atoms with Crippen LogP contribution in [0.15, 0.2) is 30.3 Å². The maximum Gasteiger partial charge on any atom is 0.253 e. The lowest BCUT2D eigenvalue weighted by atomic mass is 9.96. The average Bonchev–Trinajstić information content (AvgIpc) is 3.10. The molecule has 1 aromatic rings. The molecule has 0 radical (unpaired) electrons. The molecule has 2 heterocycles. The van der Waals surface area contributed by atoms with Crippen molar-refractivity contribution in [3.8, 4) is 0 Å². The van der Waals surface area contributed by atoms with Crippen LogP contribution in [0.25, 0.3) is 0 Å². The van der Waals surface area contributed by atoms with Crippen LogP contribution in [0.1, 0.15) is 29.6 Å². The van der Waals surface area contributed by atoms with Gasteiger partial charge in [-0.05, 0) is 50.9 Å². The van der Waals surface area contributed by atoms with Gasteiger partial charge in [0.05, 0.1) is 5.92 Å². The molecule has 0 aromatic heterocycles. The van der Waals surface area contributed by atoms with E-state index in [1.807, 2.05) is 47.2 Å². The molecular formula is C19H27N3O2. The number of benzene rings is 1. The molecule has 5 heteroatoms. The molecule has 130 valence electrons. The Balaban J connectivity index is 1.59. The summed E-state index contributed by atoms with van der Waals surface area (Å²) in [5.41, 5.74) is 0.709. The van der Waals surface area contributed by atoms with Crippen molar-refractivity contribution in [2.45, 2.75) is 19.3 Å². The minimum atomic E-state index is -0.0419. The molecule has 0 aliphatic carbocycles. The lowest BCUT2D eigenvalue weighted by Gasteiger charge is -2.34. The van der Waals surface area contributed by atoms with E-state index in [0.717, 1.165) is 45.4 Å². The topological polar surface area (TPSA) is 52.7 Å². The highest BCUT2D eigenvalue weighted by atomic mass is 16.2. The maximum atomic E-state index is 12.8. The van der Waals surface area contributed by atoms with E-state index in [2.05, 4.69) is 5.32 Å². The summed E-state index contributed by atoms with van der Waals surface area (Å²) >= 11 is 0. The number of hydrogen-bond acceptors (Lipinski definition) is 3. The van der Waals surface area contributed by atoms with E-state index >= 15 is 0 Å². The summed E-state index contributed by atoms with van der Waals surface area (Å²) in [6, 6.07) is 9.36. The quantitative estimate of drug-likeness (QED) is 0.913. The first-order valence-corrected chi connectivity index (χ1v) is 8.96. The van der Waals surface area contributed by atoms with Gasteiger partial charge in [-0.15, -0.1) is 0 Å². The Bertz CT molecular complexity index is 575. The third kappa shape index (κ3) is 3.78. The van der Waals surface area contributed by atoms with E-state index in [0.29, 0.717) is 18.0 Å². The van der Waals surface area contributed by atoms with Gasteiger partial charge in [-0.2, -0.15) is 0 Å². The first-order chi connectivity index (χ1) is 11.7. The van der Waals surface area contributed by atoms with Crippen molar-refractivity contribution in [1.29, 1.82) is 0 Å². The van der Waals surface area contributed by atoms with Gasteiger partial charge in [0.1, 0.15) is 0 Å². The monoisotopic (exact) mass is 329 g/mol. The number of piperidine rings is 1. The van der Waals surface area contributed by atoms with Crippen LogP contribution in [0.3, 0.4) is 0 Å². The second-order valence-electron chi connectivity index (χ2n) is 6.95. The van der Waals surface area contributed by atoms with E-state index < -0.39 is 0 Å². The van der Waals surface area contributed by atoms with Crippen molar-refractivity contribution >= 4 is 11.8 Å². The van der Waals surface area contributed by atoms with Gasteiger partial charge in [-0.3, -0.25) is 9.59 Å². The summed E-state index contributed by atoms with van der Waals surface area (Å²) < 4.78 is 0. The van der Waals surface area contributed by atoms with Crippen molar-refractivity contribution in [2.24, 2.45) is 11.8 Å². The Labute approximate surface area is 144 Å². The summed E-state index contributed by atoms with van der Waals surface area (Å²) in [6.45, 7) is 3.98. The fourth-order valence-electron chi connectivity index (χ4n) is 3.87. The number of likely N-dealkylation sites (tertiary alicyclic amines) is 2. The summed E-state index contributed by atoms with van der Waals surface area (Å²) in [5.74, 6) is 0.797. The van der Waals surface area contributed by atoms with Crippen LogP contribution in [0.2, 0.25) is 0 Å². The highest BCUT2D eigenvalue weighted by Crippen LogP contribution is 2.24. The standard InChI is InChI=1S/C19H27N3O2/c1-20-12-15-9-11-22(13-15)19(24)17-8-5-10-21(14-17)18(23)16-6-3-2-4-7-16/h2-4,6-7,15,17,20H,5,8-14H2,1H3. The molecule has 0 bridgehead atoms. The zero-order valence-corrected chi connectivity index (χ0v) is 14.4. The van der Waals surface area contributed by atoms with E-state index in [1.54, 1.807) is 0 Å². The van der Waals surface area contributed by atoms with Gasteiger partial charge < -0.3 is 15.1 Å². The van der Waals surface area contributed by atoms with Gasteiger partial charge in [-0.25, -0.2) is 0 Å². The summed E-state index contributed by atoms with van der Waals surface area (Å²) in [4.78, 5) is 29.3. The molecule has 2 aliphatic heterocycles. The molecule has 2 atom stereocenters. The number of carbonyl (C=O) groups excluding carboxylic acids is 2. The van der Waals surface area contributed by atoms with Crippen molar-refractivity contribution in [2.75, 3.05) is 39.8 Å². The molecular weight excluding hydrogens is 302 g/mol. The Morgan fingerprint density at radius 3 is 2.62 bits per heavy atom. The fourth-order valence-corrected chi connectivity index (χ4v) is 3.87. The van der Waals surface area contributed by atoms with Gasteiger partial charge in [0.2, 0.25) is 5.91 Å². The van der Waals surface area contributed by atoms with Crippen LogP contribution in [0.4, 0.5) is 0 Å². The van der Waals surface area contributed by atoms with Gasteiger partial charge in [0.25, 0.3) is 5.91 Å². The van der Waals surface area contributed by atoms with Crippen molar-refractivity contribution in [3.63, 3.8) is 0 Å². The van der Waals surface area contributed by atoms with Crippen molar-refractivity contribution in [1.82, 2.24) is 15.1 Å². The predicted octanol–water partition coefficient (Wildman–Crippen LogP) is 1.61. The molecule has 0 saturated carbocycles. The molecule has 2 amide bonds. The smallest absolute Gasteiger partial charge is 0.253 e. The molecule has 2 saturated heterocycles. The highest BCUT2D eigenvalue weighted by Gasteiger charge is 2.34. The Morgan fingerprint density at radius 2 is 1.88 bits per heavy atom. The fraction of sp³-hybridized carbons (Fsp3) is 0.579. The molecule has 2 fully saturated rings. The minimum absolute atomic E-state index is 0.0419. The third-order valence-corrected chi connectivity index (χ3v) is 5.17. The number of nitrogens with zero attached hydrogens (tertiary/aromatic N) is 2. The van der Waals surface area contributed by atoms with Gasteiger partial charge in [0, 0.05) is 31.7 Å². The summed E-state index contributed by atoms with van der Waals surface area (Å²) in [6.07, 6.45) is 2.87. The number of rotatable bonds is 4. The average molecular weight is 329 g/mol. The molecule has 1 N–H and O–H groups in total. The lowest BCUT2D eigenvalue weighted by molar-refractivity contribution is -0.136. The van der Waals surface area contributed by atoms with Crippen LogP contribution in [-0.2, 0) is 4.79 Å². The van der Waals surface area contributed by atoms with Gasteiger partial charge >= 0.3 is 0 Å². The lowest BCUT2D eigenvalue weighted by Crippen LogP contribution is -2.46. The third-order valence-electron chi connectivity index (χ3n) is 5.17. The Kier molecular flexibility index (Phi) is 5.51. The molecule has 0 spiro atoms. The normalized spacial score (nSPS) is 24.2. The predicted molar refractivity (Wildman–Crippen MR) is 93.7 cm³/mol. The van der Waals surface area contributed by atoms with Crippen molar-refractivity contribution in [3.05, 3.63) is 35.9 Å². The van der Waals surface area contributed by atoms with Crippen LogP contribution < -0.4 is 5.32 Å². The number of carbonyl (C=O) groups is 2. The van der Waals surface area contributed by atoms with Gasteiger partial charge in [-0.1, -0.05) is 18.2 Å². The van der Waals surface area contributed by atoms with Crippen LogP contribution >= 0.6 is 0 Å². The zero-order valence-electron chi connectivity index (χ0n) is 14.4. The molecule has 1 aromatic carbocycles. The molecule has 5 nitrogen and oxygen atoms in total. The number of amides is 2. The zero-order chi connectivity index (χ0) is 16.9. The largest absolute Gasteiger partial charge is 0.342 e. The second-order valence-corrected chi connectivity index (χ2v) is 6.95. The van der Waals surface area contributed by atoms with Crippen LogP contribution in [0, 0.1) is 11.8 Å². The second kappa shape index (κ2) is 7.79. The van der Waals surface area contributed by atoms with Gasteiger partial charge in [0.15, 0.2) is 0 Å². The van der Waals surface area contributed by atoms with Crippen LogP contribution in [-0.4, -0.2) is 61.4 Å². The Hall–Kier alpha value is -1.88. The van der Waals surface area contributed by atoms with E-state index in [-0.39, 0.29) is 17.7 Å². The molecule has 24 heavy (non-hydrogen) atoms. The SMILES string of the molecule is CNCC1CCN(C(=O)C2CCCN(C(=O)c3ccccc3)C2)C1. The minimum Gasteiger partial charge on any atom is -0.342 e. The first kappa shape index (κ1) is 17.0. The Morgan fingerprint density at radius 1 is 1.08 bits per heavy atom. The number of hydrogen-bond donors (Lipinski definition) is 1. The van der Waals surface area contributed by atoms with E-state index in [4.69, 9.17) is 0 Å². The van der Waals surface area contributed by atoms with Crippen LogP contribution in [0.5, 0.6) is 0 Å². The van der Waals surface area contributed by atoms with E-state index in [1.165, 1.54) is 0 Å². The number of nitrogens with one attached hydrogen (secondary N) is 1. The first-order valence-electron chi connectivity index (χ1n) is 8.96.